The first-order chi connectivity index (χ1) is 9.08. The predicted octanol–water partition coefficient (Wildman–Crippen LogP) is 3.69. The van der Waals surface area contributed by atoms with Crippen LogP contribution >= 0.6 is 12.2 Å². The van der Waals surface area contributed by atoms with Crippen molar-refractivity contribution in [2.45, 2.75) is 6.92 Å². The summed E-state index contributed by atoms with van der Waals surface area (Å²) in [5, 5.41) is 13.7. The smallest absolute Gasteiger partial charge is 0.269 e. The molecule has 0 aliphatic carbocycles. The number of thiocarbonyl (C=S) groups is 1. The van der Waals surface area contributed by atoms with Gasteiger partial charge in [0.15, 0.2) is 0 Å². The number of nitro benzene ring substituents is 1. The van der Waals surface area contributed by atoms with Crippen LogP contribution in [0.25, 0.3) is 0 Å². The number of nitrogens with one attached hydrogen (secondary N) is 1. The molecule has 0 spiro atoms. The van der Waals surface area contributed by atoms with Gasteiger partial charge < -0.3 is 5.32 Å². The molecule has 2 aromatic carbocycles. The zero-order valence-corrected chi connectivity index (χ0v) is 11.1. The van der Waals surface area contributed by atoms with E-state index in [0.29, 0.717) is 4.99 Å². The van der Waals surface area contributed by atoms with Crippen molar-refractivity contribution in [3.63, 3.8) is 0 Å². The maximum atomic E-state index is 10.6. The van der Waals surface area contributed by atoms with E-state index in [1.54, 1.807) is 12.1 Å². The fourth-order valence-corrected chi connectivity index (χ4v) is 1.89. The number of rotatable bonds is 3. The van der Waals surface area contributed by atoms with E-state index in [4.69, 9.17) is 12.2 Å². The average Bonchev–Trinajstić information content (AvgIpc) is 2.41. The minimum Gasteiger partial charge on any atom is -0.346 e. The van der Waals surface area contributed by atoms with Crippen LogP contribution in [0.5, 0.6) is 0 Å². The lowest BCUT2D eigenvalue weighted by Gasteiger charge is -2.10. The van der Waals surface area contributed by atoms with E-state index in [1.807, 2.05) is 31.2 Å². The Morgan fingerprint density at radius 1 is 1.16 bits per heavy atom. The van der Waals surface area contributed by atoms with Gasteiger partial charge in [0.05, 0.1) is 4.92 Å². The van der Waals surface area contributed by atoms with Gasteiger partial charge in [-0.15, -0.1) is 0 Å². The third-order valence-corrected chi connectivity index (χ3v) is 3.07. The molecule has 4 nitrogen and oxygen atoms in total. The van der Waals surface area contributed by atoms with Crippen molar-refractivity contribution in [3.05, 3.63) is 69.8 Å². The number of non-ortho nitro benzene ring substituents is 1. The number of anilines is 1. The Kier molecular flexibility index (Phi) is 3.87. The number of aryl methyl sites for hydroxylation is 1. The van der Waals surface area contributed by atoms with Gasteiger partial charge in [0, 0.05) is 23.4 Å². The quantitative estimate of drug-likeness (QED) is 0.526. The molecule has 0 saturated heterocycles. The second-order valence-electron chi connectivity index (χ2n) is 4.07. The molecule has 0 aromatic heterocycles. The number of para-hydroxylation sites is 1. The van der Waals surface area contributed by atoms with Gasteiger partial charge in [0.1, 0.15) is 4.99 Å². The van der Waals surface area contributed by atoms with Crippen molar-refractivity contribution in [2.75, 3.05) is 5.32 Å². The third kappa shape index (κ3) is 3.14. The van der Waals surface area contributed by atoms with Gasteiger partial charge in [0.2, 0.25) is 0 Å². The lowest BCUT2D eigenvalue weighted by atomic mass is 10.1. The monoisotopic (exact) mass is 272 g/mol. The molecule has 0 aliphatic heterocycles. The first-order valence-electron chi connectivity index (χ1n) is 5.69. The summed E-state index contributed by atoms with van der Waals surface area (Å²) in [7, 11) is 0. The Morgan fingerprint density at radius 3 is 2.37 bits per heavy atom. The summed E-state index contributed by atoms with van der Waals surface area (Å²) >= 11 is 5.29. The molecule has 1 N–H and O–H groups in total. The maximum Gasteiger partial charge on any atom is 0.269 e. The minimum absolute atomic E-state index is 0.0578. The Balaban J connectivity index is 2.16. The Hall–Kier alpha value is -2.27. The second-order valence-corrected chi connectivity index (χ2v) is 4.48. The van der Waals surface area contributed by atoms with Crippen molar-refractivity contribution in [3.8, 4) is 0 Å². The molecular weight excluding hydrogens is 260 g/mol. The molecule has 2 aromatic rings. The standard InChI is InChI=1S/C14H12N2O2S/c1-10-4-2-3-5-13(10)15-14(19)11-6-8-12(9-7-11)16(17)18/h2-9H,1H3,(H,15,19). The Bertz CT molecular complexity index is 624. The summed E-state index contributed by atoms with van der Waals surface area (Å²) in [5.74, 6) is 0. The highest BCUT2D eigenvalue weighted by atomic mass is 32.1. The van der Waals surface area contributed by atoms with E-state index < -0.39 is 4.92 Å². The summed E-state index contributed by atoms with van der Waals surface area (Å²) in [4.78, 5) is 10.7. The van der Waals surface area contributed by atoms with E-state index in [0.717, 1.165) is 16.8 Å². The van der Waals surface area contributed by atoms with Crippen LogP contribution in [0.1, 0.15) is 11.1 Å². The van der Waals surface area contributed by atoms with E-state index in [1.165, 1.54) is 12.1 Å². The largest absolute Gasteiger partial charge is 0.346 e. The zero-order valence-electron chi connectivity index (χ0n) is 10.3. The normalized spacial score (nSPS) is 9.95. The number of hydrogen-bond donors (Lipinski definition) is 1. The first kappa shape index (κ1) is 13.2. The molecule has 96 valence electrons. The molecule has 0 amide bonds. The van der Waals surface area contributed by atoms with Gasteiger partial charge >= 0.3 is 0 Å². The van der Waals surface area contributed by atoms with Crippen LogP contribution in [0.4, 0.5) is 11.4 Å². The van der Waals surface area contributed by atoms with Crippen LogP contribution in [0.2, 0.25) is 0 Å². The fourth-order valence-electron chi connectivity index (χ4n) is 1.64. The van der Waals surface area contributed by atoms with E-state index in [-0.39, 0.29) is 5.69 Å². The molecule has 0 bridgehead atoms. The van der Waals surface area contributed by atoms with E-state index >= 15 is 0 Å². The second kappa shape index (κ2) is 5.58. The molecule has 2 rings (SSSR count). The Labute approximate surface area is 116 Å². The van der Waals surface area contributed by atoms with Gasteiger partial charge in [-0.1, -0.05) is 30.4 Å². The summed E-state index contributed by atoms with van der Waals surface area (Å²) in [6, 6.07) is 14.0. The van der Waals surface area contributed by atoms with Gasteiger partial charge in [-0.25, -0.2) is 0 Å². The Morgan fingerprint density at radius 2 is 1.79 bits per heavy atom. The van der Waals surface area contributed by atoms with Crippen molar-refractivity contribution in [1.29, 1.82) is 0 Å². The summed E-state index contributed by atoms with van der Waals surface area (Å²) in [6.07, 6.45) is 0. The number of nitro groups is 1. The average molecular weight is 272 g/mol. The molecule has 19 heavy (non-hydrogen) atoms. The van der Waals surface area contributed by atoms with Gasteiger partial charge in [-0.3, -0.25) is 10.1 Å². The summed E-state index contributed by atoms with van der Waals surface area (Å²) in [5.41, 5.74) is 2.84. The van der Waals surface area contributed by atoms with Gasteiger partial charge in [-0.2, -0.15) is 0 Å². The van der Waals surface area contributed by atoms with Gasteiger partial charge in [0.25, 0.3) is 5.69 Å². The molecule has 0 radical (unpaired) electrons. The lowest BCUT2D eigenvalue weighted by molar-refractivity contribution is -0.384. The lowest BCUT2D eigenvalue weighted by Crippen LogP contribution is -2.11. The van der Waals surface area contributed by atoms with Crippen molar-refractivity contribution >= 4 is 28.6 Å². The summed E-state index contributed by atoms with van der Waals surface area (Å²) in [6.45, 7) is 1.99. The third-order valence-electron chi connectivity index (χ3n) is 2.73. The zero-order chi connectivity index (χ0) is 13.8. The molecular formula is C14H12N2O2S. The number of benzene rings is 2. The molecule has 0 atom stereocenters. The number of nitrogens with zero attached hydrogens (tertiary/aromatic N) is 1. The van der Waals surface area contributed by atoms with E-state index in [2.05, 4.69) is 5.32 Å². The first-order valence-corrected chi connectivity index (χ1v) is 6.10. The van der Waals surface area contributed by atoms with Crippen LogP contribution in [0.3, 0.4) is 0 Å². The molecule has 0 saturated carbocycles. The van der Waals surface area contributed by atoms with Crippen LogP contribution in [0.15, 0.2) is 48.5 Å². The maximum absolute atomic E-state index is 10.6. The van der Waals surface area contributed by atoms with Crippen LogP contribution in [0, 0.1) is 17.0 Å². The highest BCUT2D eigenvalue weighted by molar-refractivity contribution is 7.81. The van der Waals surface area contributed by atoms with E-state index in [9.17, 15) is 10.1 Å². The van der Waals surface area contributed by atoms with Crippen molar-refractivity contribution < 1.29 is 4.92 Å². The summed E-state index contributed by atoms with van der Waals surface area (Å²) < 4.78 is 0. The van der Waals surface area contributed by atoms with Crippen molar-refractivity contribution in [1.82, 2.24) is 0 Å². The van der Waals surface area contributed by atoms with Crippen LogP contribution in [-0.4, -0.2) is 9.91 Å². The topological polar surface area (TPSA) is 55.2 Å². The highest BCUT2D eigenvalue weighted by Gasteiger charge is 2.07. The van der Waals surface area contributed by atoms with Crippen LogP contribution in [-0.2, 0) is 0 Å². The fraction of sp³-hybridized carbons (Fsp3) is 0.0714. The molecule has 0 aliphatic rings. The molecule has 0 heterocycles. The molecule has 0 unspecified atom stereocenters. The molecule has 0 fully saturated rings. The minimum atomic E-state index is -0.429. The van der Waals surface area contributed by atoms with Crippen molar-refractivity contribution in [2.24, 2.45) is 0 Å². The predicted molar refractivity (Wildman–Crippen MR) is 79.6 cm³/mol. The molecule has 5 heteroatoms. The SMILES string of the molecule is Cc1ccccc1NC(=S)c1ccc([N+](=O)[O-])cc1. The van der Waals surface area contributed by atoms with Crippen LogP contribution < -0.4 is 5.32 Å². The highest BCUT2D eigenvalue weighted by Crippen LogP contribution is 2.17. The number of hydrogen-bond acceptors (Lipinski definition) is 3. The van der Waals surface area contributed by atoms with Gasteiger partial charge in [-0.05, 0) is 30.7 Å².